The highest BCUT2D eigenvalue weighted by Crippen LogP contribution is 2.63. The number of hydrazine groups is 1. The van der Waals surface area contributed by atoms with E-state index in [1.54, 1.807) is 60.7 Å². The summed E-state index contributed by atoms with van der Waals surface area (Å²) in [5, 5.41) is 12.2. The highest BCUT2D eigenvalue weighted by molar-refractivity contribution is 6.12. The van der Waals surface area contributed by atoms with E-state index >= 15 is 0 Å². The van der Waals surface area contributed by atoms with Crippen LogP contribution in [0.2, 0.25) is 0 Å². The molecular formula is C33H28F3N5O6. The van der Waals surface area contributed by atoms with Crippen molar-refractivity contribution >= 4 is 17.5 Å². The van der Waals surface area contributed by atoms with Gasteiger partial charge in [0.1, 0.15) is 11.5 Å². The second-order valence-electron chi connectivity index (χ2n) is 12.0. The molecule has 11 nitrogen and oxygen atoms in total. The molecule has 3 aromatic carbocycles. The van der Waals surface area contributed by atoms with E-state index in [9.17, 15) is 37.5 Å². The number of rotatable bonds is 5. The molecule has 7 rings (SSSR count). The van der Waals surface area contributed by atoms with Crippen LogP contribution in [0.5, 0.6) is 11.5 Å². The Balaban J connectivity index is 1.51. The van der Waals surface area contributed by atoms with Gasteiger partial charge in [-0.2, -0.15) is 5.01 Å². The van der Waals surface area contributed by atoms with Gasteiger partial charge >= 0.3 is 17.7 Å². The van der Waals surface area contributed by atoms with Gasteiger partial charge in [-0.3, -0.25) is 15.0 Å². The van der Waals surface area contributed by atoms with Crippen LogP contribution >= 0.6 is 0 Å². The average molecular weight is 648 g/mol. The fourth-order valence-corrected chi connectivity index (χ4v) is 7.42. The normalized spacial score (nSPS) is 23.6. The number of aromatic hydroxyl groups is 1. The molecule has 1 aliphatic carbocycles. The number of phenolic OH excluding ortho intramolecular Hbond substituents is 1. The standard InChI is InChI=1S/C33H28F3N5O6/c1-18-8-10-20(11-9-18)37-40-28(43)24-17-25-22(14-15-39-30(45)38(2)31(46)41(25)39)27(32(24,29(40)44)19-6-4-3-5-7-19)23-16-21(12-13-26(23)42)47-33(34,35)36/h3-14,16,24-25,27,37,42H,15,17H2,1-2H3. The molecule has 4 atom stereocenters. The molecule has 4 unspecified atom stereocenters. The van der Waals surface area contributed by atoms with E-state index in [0.717, 1.165) is 33.3 Å². The van der Waals surface area contributed by atoms with Gasteiger partial charge in [-0.15, -0.1) is 13.2 Å². The van der Waals surface area contributed by atoms with E-state index in [-0.39, 0.29) is 18.5 Å². The third kappa shape index (κ3) is 4.49. The van der Waals surface area contributed by atoms with Crippen molar-refractivity contribution in [3.63, 3.8) is 0 Å². The Morgan fingerprint density at radius 2 is 1.66 bits per heavy atom. The van der Waals surface area contributed by atoms with Crippen LogP contribution in [0.25, 0.3) is 0 Å². The minimum atomic E-state index is -5.06. The smallest absolute Gasteiger partial charge is 0.508 e. The van der Waals surface area contributed by atoms with Crippen molar-refractivity contribution in [1.82, 2.24) is 18.9 Å². The van der Waals surface area contributed by atoms with Crippen LogP contribution < -0.4 is 21.5 Å². The quantitative estimate of drug-likeness (QED) is 0.249. The summed E-state index contributed by atoms with van der Waals surface area (Å²) in [4.78, 5) is 55.9. The molecule has 2 fully saturated rings. The Bertz CT molecular complexity index is 2080. The summed E-state index contributed by atoms with van der Waals surface area (Å²) in [6.45, 7) is 1.78. The molecule has 2 amide bonds. The maximum atomic E-state index is 15.0. The number of carbonyl (C=O) groups excluding carboxylic acids is 2. The Kier molecular flexibility index (Phi) is 6.74. The zero-order valence-corrected chi connectivity index (χ0v) is 25.1. The van der Waals surface area contributed by atoms with E-state index in [2.05, 4.69) is 10.2 Å². The summed E-state index contributed by atoms with van der Waals surface area (Å²) in [7, 11) is 1.32. The van der Waals surface area contributed by atoms with Gasteiger partial charge in [0.25, 0.3) is 11.8 Å². The highest BCUT2D eigenvalue weighted by Gasteiger charge is 2.69. The van der Waals surface area contributed by atoms with Gasteiger partial charge in [0.05, 0.1) is 29.6 Å². The van der Waals surface area contributed by atoms with Crippen LogP contribution in [0.4, 0.5) is 18.9 Å². The first-order valence-electron chi connectivity index (χ1n) is 14.8. The number of allylic oxidation sites excluding steroid dienone is 2. The van der Waals surface area contributed by atoms with Gasteiger partial charge in [-0.05, 0) is 54.8 Å². The summed E-state index contributed by atoms with van der Waals surface area (Å²) < 4.78 is 47.8. The topological polar surface area (TPSA) is 128 Å². The molecule has 2 aliphatic heterocycles. The van der Waals surface area contributed by atoms with Gasteiger partial charge in [-0.1, -0.05) is 54.1 Å². The molecule has 3 aliphatic rings. The number of ether oxygens (including phenoxy) is 1. The van der Waals surface area contributed by atoms with Gasteiger partial charge in [0.2, 0.25) is 0 Å². The summed E-state index contributed by atoms with van der Waals surface area (Å²) in [6, 6.07) is 17.4. The predicted octanol–water partition coefficient (Wildman–Crippen LogP) is 3.88. The molecule has 0 spiro atoms. The monoisotopic (exact) mass is 647 g/mol. The van der Waals surface area contributed by atoms with Crippen LogP contribution in [-0.4, -0.2) is 42.2 Å². The first-order valence-corrected chi connectivity index (χ1v) is 14.8. The van der Waals surface area contributed by atoms with Gasteiger partial charge in [0, 0.05) is 18.5 Å². The first kappa shape index (κ1) is 30.1. The fraction of sp³-hybridized carbons (Fsp3) is 0.273. The largest absolute Gasteiger partial charge is 0.573 e. The maximum Gasteiger partial charge on any atom is 0.573 e. The molecule has 2 N–H and O–H groups in total. The number of imide groups is 1. The van der Waals surface area contributed by atoms with Crippen LogP contribution in [0.1, 0.15) is 35.1 Å². The Labute approximate surface area is 264 Å². The van der Waals surface area contributed by atoms with Crippen LogP contribution in [0.3, 0.4) is 0 Å². The van der Waals surface area contributed by atoms with Crippen molar-refractivity contribution in [2.24, 2.45) is 13.0 Å². The summed E-state index contributed by atoms with van der Waals surface area (Å²) in [5.74, 6) is -4.91. The number of fused-ring (bicyclic) bond motifs is 4. The average Bonchev–Trinajstić information content (AvgIpc) is 3.39. The van der Waals surface area contributed by atoms with Crippen LogP contribution in [0, 0.1) is 12.8 Å². The molecule has 1 saturated heterocycles. The second kappa shape index (κ2) is 10.5. The number of carbonyl (C=O) groups is 2. The Hall–Kier alpha value is -5.53. The molecule has 3 heterocycles. The van der Waals surface area contributed by atoms with Crippen molar-refractivity contribution in [3.05, 3.63) is 122 Å². The van der Waals surface area contributed by atoms with E-state index < -0.39 is 64.3 Å². The lowest BCUT2D eigenvalue weighted by atomic mass is 9.53. The van der Waals surface area contributed by atoms with E-state index in [1.165, 1.54) is 16.4 Å². The molecule has 1 saturated carbocycles. The third-order valence-corrected chi connectivity index (χ3v) is 9.39. The van der Waals surface area contributed by atoms with Gasteiger partial charge in [-0.25, -0.2) is 23.5 Å². The highest BCUT2D eigenvalue weighted by atomic mass is 19.4. The number of amides is 2. The first-order chi connectivity index (χ1) is 22.3. The number of benzene rings is 3. The number of halogens is 3. The number of nitrogens with one attached hydrogen (secondary N) is 1. The van der Waals surface area contributed by atoms with Gasteiger partial charge < -0.3 is 9.84 Å². The van der Waals surface area contributed by atoms with E-state index in [0.29, 0.717) is 16.8 Å². The van der Waals surface area contributed by atoms with E-state index in [1.807, 2.05) is 6.92 Å². The number of phenols is 1. The maximum absolute atomic E-state index is 15.0. The predicted molar refractivity (Wildman–Crippen MR) is 161 cm³/mol. The molecular weight excluding hydrogens is 619 g/mol. The molecule has 0 radical (unpaired) electrons. The summed E-state index contributed by atoms with van der Waals surface area (Å²) in [5.41, 5.74) is 1.89. The lowest BCUT2D eigenvalue weighted by Crippen LogP contribution is -2.53. The minimum absolute atomic E-state index is 0.0975. The molecule has 14 heteroatoms. The fourth-order valence-electron chi connectivity index (χ4n) is 7.42. The number of hydrogen-bond donors (Lipinski definition) is 2. The lowest BCUT2D eigenvalue weighted by Gasteiger charge is -2.49. The van der Waals surface area contributed by atoms with Crippen LogP contribution in [-0.2, 0) is 28.6 Å². The minimum Gasteiger partial charge on any atom is -0.508 e. The van der Waals surface area contributed by atoms with Crippen molar-refractivity contribution in [2.75, 3.05) is 5.43 Å². The number of aromatic nitrogens is 3. The van der Waals surface area contributed by atoms with Crippen molar-refractivity contribution in [3.8, 4) is 11.5 Å². The Morgan fingerprint density at radius 3 is 2.34 bits per heavy atom. The number of anilines is 1. The molecule has 47 heavy (non-hydrogen) atoms. The summed E-state index contributed by atoms with van der Waals surface area (Å²) >= 11 is 0. The number of hydrogen-bond acceptors (Lipinski definition) is 7. The molecule has 4 aromatic rings. The van der Waals surface area contributed by atoms with Crippen molar-refractivity contribution in [1.29, 1.82) is 0 Å². The van der Waals surface area contributed by atoms with E-state index in [4.69, 9.17) is 0 Å². The summed E-state index contributed by atoms with van der Waals surface area (Å²) in [6.07, 6.45) is -3.52. The lowest BCUT2D eigenvalue weighted by molar-refractivity contribution is -0.274. The Morgan fingerprint density at radius 1 is 0.957 bits per heavy atom. The van der Waals surface area contributed by atoms with Crippen molar-refractivity contribution in [2.45, 2.75) is 43.6 Å². The van der Waals surface area contributed by atoms with Gasteiger partial charge in [0.15, 0.2) is 0 Å². The van der Waals surface area contributed by atoms with Crippen LogP contribution in [0.15, 0.2) is 94.0 Å². The molecule has 0 bridgehead atoms. The zero-order valence-electron chi connectivity index (χ0n) is 25.1. The molecule has 242 valence electrons. The van der Waals surface area contributed by atoms with Crippen molar-refractivity contribution < 1.29 is 32.6 Å². The second-order valence-corrected chi connectivity index (χ2v) is 12.0. The number of aryl methyl sites for hydroxylation is 1. The number of nitrogens with zero attached hydrogens (tertiary/aromatic N) is 4. The molecule has 1 aromatic heterocycles. The number of alkyl halides is 3. The zero-order chi connectivity index (χ0) is 33.4. The SMILES string of the molecule is Cc1ccc(NN2C(=O)C3CC4C(=CCn5c(=O)n(C)c(=O)n54)C(c4cc(OC(F)(F)F)ccc4O)C3(c3ccccc3)C2=O)cc1. The third-order valence-electron chi connectivity index (χ3n) is 9.39.